The first kappa shape index (κ1) is 22.0. The zero-order valence-electron chi connectivity index (χ0n) is 17.0. The largest absolute Gasteiger partial charge is 0.495 e. The fourth-order valence-electron chi connectivity index (χ4n) is 3.35. The maximum absolute atomic E-state index is 13.1. The van der Waals surface area contributed by atoms with Crippen LogP contribution >= 0.6 is 22.9 Å². The molecule has 3 aromatic rings. The van der Waals surface area contributed by atoms with Gasteiger partial charge in [-0.05, 0) is 24.3 Å². The normalized spacial score (nSPS) is 13.6. The summed E-state index contributed by atoms with van der Waals surface area (Å²) in [6.45, 7) is 2.24. The lowest BCUT2D eigenvalue weighted by molar-refractivity contribution is -0.384. The molecular formula is C21H19ClN4O5S. The average molecular weight is 475 g/mol. The van der Waals surface area contributed by atoms with Crippen molar-refractivity contribution in [2.24, 2.45) is 0 Å². The van der Waals surface area contributed by atoms with Crippen LogP contribution in [0.4, 0.5) is 16.5 Å². The third-order valence-corrected chi connectivity index (χ3v) is 6.01. The Hall–Kier alpha value is -3.21. The number of carbonyl (C=O) groups is 1. The molecule has 1 saturated heterocycles. The lowest BCUT2D eigenvalue weighted by atomic mass is 10.1. The number of rotatable bonds is 6. The van der Waals surface area contributed by atoms with Gasteiger partial charge >= 0.3 is 0 Å². The van der Waals surface area contributed by atoms with Crippen molar-refractivity contribution >= 4 is 45.4 Å². The number of nitrogens with zero attached hydrogens (tertiary/aromatic N) is 3. The van der Waals surface area contributed by atoms with Crippen LogP contribution in [0, 0.1) is 10.1 Å². The van der Waals surface area contributed by atoms with E-state index in [1.54, 1.807) is 23.6 Å². The molecule has 0 unspecified atom stereocenters. The van der Waals surface area contributed by atoms with Gasteiger partial charge in [0.2, 0.25) is 0 Å². The fourth-order valence-corrected chi connectivity index (χ4v) is 4.33. The van der Waals surface area contributed by atoms with Crippen molar-refractivity contribution < 1.29 is 19.2 Å². The van der Waals surface area contributed by atoms with Gasteiger partial charge < -0.3 is 14.4 Å². The van der Waals surface area contributed by atoms with Gasteiger partial charge in [-0.3, -0.25) is 20.2 Å². The van der Waals surface area contributed by atoms with Crippen LogP contribution < -0.4 is 15.0 Å². The van der Waals surface area contributed by atoms with E-state index >= 15 is 0 Å². The summed E-state index contributed by atoms with van der Waals surface area (Å²) in [5, 5.41) is 16.6. The van der Waals surface area contributed by atoms with Gasteiger partial charge in [-0.1, -0.05) is 11.6 Å². The summed E-state index contributed by atoms with van der Waals surface area (Å²) in [7, 11) is 1.54. The lowest BCUT2D eigenvalue weighted by Crippen LogP contribution is -2.37. The van der Waals surface area contributed by atoms with E-state index in [9.17, 15) is 14.9 Å². The number of nitrogens with one attached hydrogen (secondary N) is 1. The molecule has 2 heterocycles. The molecule has 9 nitrogen and oxygen atoms in total. The van der Waals surface area contributed by atoms with E-state index in [1.165, 1.54) is 30.6 Å². The summed E-state index contributed by atoms with van der Waals surface area (Å²) >= 11 is 7.44. The molecule has 166 valence electrons. The van der Waals surface area contributed by atoms with Gasteiger partial charge in [-0.25, -0.2) is 4.98 Å². The lowest BCUT2D eigenvalue weighted by Gasteiger charge is -2.30. The highest BCUT2D eigenvalue weighted by Crippen LogP contribution is 2.32. The number of thiazole rings is 1. The number of nitro groups is 1. The summed E-state index contributed by atoms with van der Waals surface area (Å²) in [6.07, 6.45) is 0. The minimum Gasteiger partial charge on any atom is -0.495 e. The Labute approximate surface area is 192 Å². The highest BCUT2D eigenvalue weighted by Gasteiger charge is 2.23. The van der Waals surface area contributed by atoms with Gasteiger partial charge in [0, 0.05) is 36.2 Å². The molecule has 0 bridgehead atoms. The van der Waals surface area contributed by atoms with Gasteiger partial charge in [0.05, 0.1) is 47.2 Å². The molecule has 1 N–H and O–H groups in total. The first-order valence-electron chi connectivity index (χ1n) is 9.68. The molecule has 0 radical (unpaired) electrons. The van der Waals surface area contributed by atoms with Crippen molar-refractivity contribution in [2.45, 2.75) is 0 Å². The number of methoxy groups -OCH3 is 1. The van der Waals surface area contributed by atoms with Gasteiger partial charge in [0.25, 0.3) is 11.6 Å². The first-order chi connectivity index (χ1) is 15.5. The molecule has 32 heavy (non-hydrogen) atoms. The summed E-state index contributed by atoms with van der Waals surface area (Å²) in [5.41, 5.74) is 2.10. The zero-order valence-corrected chi connectivity index (χ0v) is 18.6. The number of nitro benzene ring substituents is 1. The van der Waals surface area contributed by atoms with E-state index in [1.807, 2.05) is 11.0 Å². The van der Waals surface area contributed by atoms with Gasteiger partial charge in [-0.15, -0.1) is 11.3 Å². The minimum absolute atomic E-state index is 0.153. The molecule has 0 saturated carbocycles. The van der Waals surface area contributed by atoms with Gasteiger partial charge in [0.15, 0.2) is 5.13 Å². The summed E-state index contributed by atoms with van der Waals surface area (Å²) < 4.78 is 10.5. The van der Waals surface area contributed by atoms with Crippen LogP contribution in [0.3, 0.4) is 0 Å². The fraction of sp³-hybridized carbons (Fsp3) is 0.238. The smallest absolute Gasteiger partial charge is 0.270 e. The number of amides is 1. The van der Waals surface area contributed by atoms with Crippen molar-refractivity contribution in [3.8, 4) is 17.0 Å². The molecule has 1 aliphatic heterocycles. The first-order valence-corrected chi connectivity index (χ1v) is 10.9. The predicted molar refractivity (Wildman–Crippen MR) is 123 cm³/mol. The maximum Gasteiger partial charge on any atom is 0.270 e. The van der Waals surface area contributed by atoms with Crippen molar-refractivity contribution in [1.82, 2.24) is 4.98 Å². The number of morpholine rings is 1. The molecule has 2 aromatic carbocycles. The van der Waals surface area contributed by atoms with Crippen LogP contribution in [-0.4, -0.2) is 49.2 Å². The van der Waals surface area contributed by atoms with E-state index in [2.05, 4.69) is 10.3 Å². The van der Waals surface area contributed by atoms with Crippen LogP contribution in [0.15, 0.2) is 41.8 Å². The predicted octanol–water partition coefficient (Wildman–Crippen LogP) is 4.47. The minimum atomic E-state index is -0.519. The van der Waals surface area contributed by atoms with Crippen LogP contribution in [-0.2, 0) is 4.74 Å². The molecule has 1 aromatic heterocycles. The number of ether oxygens (including phenoxy) is 2. The molecule has 4 rings (SSSR count). The molecule has 0 aliphatic carbocycles. The molecule has 1 aliphatic rings. The second kappa shape index (κ2) is 9.51. The summed E-state index contributed by atoms with van der Waals surface area (Å²) in [5.74, 6) is 0.0874. The molecular weight excluding hydrogens is 456 g/mol. The Kier molecular flexibility index (Phi) is 6.54. The molecule has 1 fully saturated rings. The number of hydrogen-bond donors (Lipinski definition) is 1. The SMILES string of the molecule is COc1ccc(-c2csc(NC(=O)c3cc([N+](=O)[O-])ccc3N3CCOCC3)n2)cc1Cl. The second-order valence-corrected chi connectivity index (χ2v) is 8.16. The van der Waals surface area contributed by atoms with E-state index in [-0.39, 0.29) is 11.3 Å². The number of halogens is 1. The van der Waals surface area contributed by atoms with E-state index in [0.717, 1.165) is 5.56 Å². The highest BCUT2D eigenvalue weighted by molar-refractivity contribution is 7.14. The van der Waals surface area contributed by atoms with Crippen molar-refractivity contribution in [2.75, 3.05) is 43.6 Å². The third kappa shape index (κ3) is 4.67. The van der Waals surface area contributed by atoms with Gasteiger partial charge in [-0.2, -0.15) is 0 Å². The number of hydrogen-bond acceptors (Lipinski definition) is 8. The highest BCUT2D eigenvalue weighted by atomic mass is 35.5. The Balaban J connectivity index is 1.59. The second-order valence-electron chi connectivity index (χ2n) is 6.90. The number of aromatic nitrogens is 1. The molecule has 1 amide bonds. The summed E-state index contributed by atoms with van der Waals surface area (Å²) in [4.78, 5) is 30.3. The number of carbonyl (C=O) groups excluding carboxylic acids is 1. The zero-order chi connectivity index (χ0) is 22.7. The molecule has 0 spiro atoms. The van der Waals surface area contributed by atoms with Crippen molar-refractivity contribution in [3.05, 3.63) is 62.5 Å². The van der Waals surface area contributed by atoms with Crippen LogP contribution in [0.1, 0.15) is 10.4 Å². The van der Waals surface area contributed by atoms with Crippen LogP contribution in [0.2, 0.25) is 5.02 Å². The van der Waals surface area contributed by atoms with Crippen molar-refractivity contribution in [3.63, 3.8) is 0 Å². The Bertz CT molecular complexity index is 1160. The van der Waals surface area contributed by atoms with E-state index in [4.69, 9.17) is 21.1 Å². The Morgan fingerprint density at radius 1 is 1.28 bits per heavy atom. The van der Waals surface area contributed by atoms with Crippen LogP contribution in [0.25, 0.3) is 11.3 Å². The Morgan fingerprint density at radius 2 is 2.06 bits per heavy atom. The summed E-state index contributed by atoms with van der Waals surface area (Å²) in [6, 6.07) is 9.59. The quantitative estimate of drug-likeness (QED) is 0.415. The standard InChI is InChI=1S/C21H19ClN4O5S/c1-30-19-5-2-13(10-16(19)22)17-12-32-21(23-17)24-20(27)15-11-14(26(28)29)3-4-18(15)25-6-8-31-9-7-25/h2-5,10-12H,6-9H2,1H3,(H,23,24,27). The topological polar surface area (TPSA) is 107 Å². The number of anilines is 2. The molecule has 11 heteroatoms. The Morgan fingerprint density at radius 3 is 2.75 bits per heavy atom. The third-order valence-electron chi connectivity index (χ3n) is 4.96. The maximum atomic E-state index is 13.1. The van der Waals surface area contributed by atoms with Crippen molar-refractivity contribution in [1.29, 1.82) is 0 Å². The number of non-ortho nitro benzene ring substituents is 1. The van der Waals surface area contributed by atoms with Gasteiger partial charge in [0.1, 0.15) is 5.75 Å². The monoisotopic (exact) mass is 474 g/mol. The van der Waals surface area contributed by atoms with E-state index in [0.29, 0.717) is 53.6 Å². The van der Waals surface area contributed by atoms with E-state index < -0.39 is 10.8 Å². The number of benzene rings is 2. The molecule has 0 atom stereocenters. The van der Waals surface area contributed by atoms with Crippen LogP contribution in [0.5, 0.6) is 5.75 Å². The average Bonchev–Trinajstić information content (AvgIpc) is 3.27.